The quantitative estimate of drug-likeness (QED) is 0.302. The second-order valence-electron chi connectivity index (χ2n) is 9.11. The molecule has 2 N–H and O–H groups in total. The van der Waals surface area contributed by atoms with Crippen LogP contribution < -0.4 is 15.4 Å². The number of thiophene rings is 1. The maximum Gasteiger partial charge on any atom is 0.341 e. The highest BCUT2D eigenvalue weighted by Crippen LogP contribution is 2.38. The van der Waals surface area contributed by atoms with Gasteiger partial charge in [0.15, 0.2) is 6.61 Å². The van der Waals surface area contributed by atoms with Crippen LogP contribution in [0.2, 0.25) is 0 Å². The Kier molecular flexibility index (Phi) is 9.18. The van der Waals surface area contributed by atoms with Gasteiger partial charge in [0.1, 0.15) is 10.8 Å². The summed E-state index contributed by atoms with van der Waals surface area (Å²) in [5.74, 6) is -0.488. The maximum atomic E-state index is 12.9. The standard InChI is InChI=1S/C30H34N2O5S/c1-4-19-10-9-11-20(5-2)27(19)32-28(34)21-14-16-22(17-15-21)37-18-25(33)31-29-26(30(35)36-6-3)23-12-7-8-13-24(23)38-29/h9-11,14-17H,4-8,12-13,18H2,1-3H3,(H,31,33)(H,32,34). The molecule has 1 aromatic heterocycles. The summed E-state index contributed by atoms with van der Waals surface area (Å²) >= 11 is 1.44. The molecule has 0 saturated heterocycles. The zero-order chi connectivity index (χ0) is 27.1. The Morgan fingerprint density at radius 3 is 2.24 bits per heavy atom. The third-order valence-electron chi connectivity index (χ3n) is 6.63. The first-order valence-corrected chi connectivity index (χ1v) is 14.0. The second kappa shape index (κ2) is 12.7. The van der Waals surface area contributed by atoms with Gasteiger partial charge >= 0.3 is 5.97 Å². The molecule has 4 rings (SSSR count). The number of amides is 2. The Morgan fingerprint density at radius 1 is 0.895 bits per heavy atom. The second-order valence-corrected chi connectivity index (χ2v) is 10.2. The molecule has 0 fully saturated rings. The maximum absolute atomic E-state index is 12.9. The van der Waals surface area contributed by atoms with Crippen LogP contribution in [-0.2, 0) is 35.2 Å². The molecule has 1 aliphatic carbocycles. The van der Waals surface area contributed by atoms with Gasteiger partial charge in [-0.1, -0.05) is 32.0 Å². The van der Waals surface area contributed by atoms with Crippen LogP contribution in [0.25, 0.3) is 0 Å². The number of hydrogen-bond donors (Lipinski definition) is 2. The minimum absolute atomic E-state index is 0.196. The smallest absolute Gasteiger partial charge is 0.341 e. The lowest BCUT2D eigenvalue weighted by atomic mass is 9.95. The van der Waals surface area contributed by atoms with Crippen molar-refractivity contribution in [1.82, 2.24) is 0 Å². The first-order chi connectivity index (χ1) is 18.4. The molecule has 0 atom stereocenters. The molecule has 2 amide bonds. The third kappa shape index (κ3) is 6.25. The first-order valence-electron chi connectivity index (χ1n) is 13.2. The fraction of sp³-hybridized carbons (Fsp3) is 0.367. The van der Waals surface area contributed by atoms with Gasteiger partial charge in [-0.15, -0.1) is 11.3 Å². The summed E-state index contributed by atoms with van der Waals surface area (Å²) in [4.78, 5) is 39.3. The molecule has 2 aromatic carbocycles. The van der Waals surface area contributed by atoms with Crippen molar-refractivity contribution >= 4 is 39.8 Å². The van der Waals surface area contributed by atoms with E-state index in [4.69, 9.17) is 9.47 Å². The molecule has 0 bridgehead atoms. The fourth-order valence-corrected chi connectivity index (χ4v) is 5.97. The average Bonchev–Trinajstić information content (AvgIpc) is 3.30. The van der Waals surface area contributed by atoms with Crippen molar-refractivity contribution in [2.75, 3.05) is 23.8 Å². The summed E-state index contributed by atoms with van der Waals surface area (Å²) in [6, 6.07) is 12.8. The number of para-hydroxylation sites is 1. The number of nitrogens with one attached hydrogen (secondary N) is 2. The van der Waals surface area contributed by atoms with Crippen LogP contribution in [-0.4, -0.2) is 31.0 Å². The number of esters is 1. The molecule has 38 heavy (non-hydrogen) atoms. The van der Waals surface area contributed by atoms with Gasteiger partial charge in [0, 0.05) is 16.1 Å². The van der Waals surface area contributed by atoms with E-state index in [0.717, 1.165) is 65.8 Å². The number of ether oxygens (including phenoxy) is 2. The molecular weight excluding hydrogens is 500 g/mol. The van der Waals surface area contributed by atoms with Crippen LogP contribution in [0.1, 0.15) is 75.9 Å². The molecular formula is C30H34N2O5S. The third-order valence-corrected chi connectivity index (χ3v) is 7.83. The minimum atomic E-state index is -0.399. The van der Waals surface area contributed by atoms with E-state index < -0.39 is 5.97 Å². The highest BCUT2D eigenvalue weighted by Gasteiger charge is 2.27. The van der Waals surface area contributed by atoms with Gasteiger partial charge in [0.05, 0.1) is 12.2 Å². The molecule has 7 nitrogen and oxygen atoms in total. The van der Waals surface area contributed by atoms with E-state index in [-0.39, 0.29) is 25.0 Å². The van der Waals surface area contributed by atoms with E-state index in [1.165, 1.54) is 11.3 Å². The molecule has 8 heteroatoms. The molecule has 200 valence electrons. The Hall–Kier alpha value is -3.65. The Morgan fingerprint density at radius 2 is 1.58 bits per heavy atom. The molecule has 0 unspecified atom stereocenters. The highest BCUT2D eigenvalue weighted by atomic mass is 32.1. The van der Waals surface area contributed by atoms with Crippen molar-refractivity contribution < 1.29 is 23.9 Å². The lowest BCUT2D eigenvalue weighted by molar-refractivity contribution is -0.118. The number of anilines is 2. The first kappa shape index (κ1) is 27.4. The number of rotatable bonds is 10. The number of fused-ring (bicyclic) bond motifs is 1. The van der Waals surface area contributed by atoms with E-state index >= 15 is 0 Å². The molecule has 0 saturated carbocycles. The monoisotopic (exact) mass is 534 g/mol. The lowest BCUT2D eigenvalue weighted by Gasteiger charge is -2.14. The topological polar surface area (TPSA) is 93.7 Å². The molecule has 3 aromatic rings. The average molecular weight is 535 g/mol. The van der Waals surface area contributed by atoms with Crippen molar-refractivity contribution in [3.63, 3.8) is 0 Å². The molecule has 0 aliphatic heterocycles. The number of carbonyl (C=O) groups excluding carboxylic acids is 3. The van der Waals surface area contributed by atoms with Crippen LogP contribution in [0.4, 0.5) is 10.7 Å². The van der Waals surface area contributed by atoms with Gasteiger partial charge in [-0.2, -0.15) is 0 Å². The zero-order valence-corrected chi connectivity index (χ0v) is 23.0. The van der Waals surface area contributed by atoms with Crippen molar-refractivity contribution in [2.45, 2.75) is 59.3 Å². The highest BCUT2D eigenvalue weighted by molar-refractivity contribution is 7.17. The van der Waals surface area contributed by atoms with Gasteiger partial charge in [-0.25, -0.2) is 4.79 Å². The van der Waals surface area contributed by atoms with Crippen LogP contribution >= 0.6 is 11.3 Å². The van der Waals surface area contributed by atoms with Crippen LogP contribution in [0.3, 0.4) is 0 Å². The van der Waals surface area contributed by atoms with Gasteiger partial charge in [0.2, 0.25) is 0 Å². The summed E-state index contributed by atoms with van der Waals surface area (Å²) in [5, 5.41) is 6.43. The zero-order valence-electron chi connectivity index (χ0n) is 22.1. The number of benzene rings is 2. The predicted molar refractivity (Wildman–Crippen MR) is 151 cm³/mol. The number of hydrogen-bond acceptors (Lipinski definition) is 6. The largest absolute Gasteiger partial charge is 0.484 e. The van der Waals surface area contributed by atoms with Crippen LogP contribution in [0, 0.1) is 0 Å². The Balaban J connectivity index is 1.38. The van der Waals surface area contributed by atoms with Crippen molar-refractivity contribution in [1.29, 1.82) is 0 Å². The lowest BCUT2D eigenvalue weighted by Crippen LogP contribution is -2.21. The summed E-state index contributed by atoms with van der Waals surface area (Å²) < 4.78 is 10.9. The van der Waals surface area contributed by atoms with Gasteiger partial charge in [-0.3, -0.25) is 9.59 Å². The van der Waals surface area contributed by atoms with Gasteiger partial charge in [-0.05, 0) is 86.4 Å². The van der Waals surface area contributed by atoms with E-state index in [1.54, 1.807) is 31.2 Å². The Bertz CT molecular complexity index is 1290. The van der Waals surface area contributed by atoms with Crippen LogP contribution in [0.15, 0.2) is 42.5 Å². The Labute approximate surface area is 227 Å². The normalized spacial score (nSPS) is 12.4. The van der Waals surface area contributed by atoms with Crippen LogP contribution in [0.5, 0.6) is 5.75 Å². The molecule has 1 heterocycles. The SMILES string of the molecule is CCOC(=O)c1c(NC(=O)COc2ccc(C(=O)Nc3c(CC)cccc3CC)cc2)sc2c1CCCC2. The summed E-state index contributed by atoms with van der Waals surface area (Å²) in [5.41, 5.74) is 5.04. The van der Waals surface area contributed by atoms with E-state index in [1.807, 2.05) is 18.2 Å². The number of aryl methyl sites for hydroxylation is 3. The molecule has 0 spiro atoms. The van der Waals surface area contributed by atoms with Crippen molar-refractivity contribution in [3.05, 3.63) is 75.2 Å². The summed E-state index contributed by atoms with van der Waals surface area (Å²) in [6.45, 7) is 5.96. The van der Waals surface area contributed by atoms with Gasteiger partial charge in [0.25, 0.3) is 11.8 Å². The van der Waals surface area contributed by atoms with E-state index in [2.05, 4.69) is 24.5 Å². The number of carbonyl (C=O) groups is 3. The predicted octanol–water partition coefficient (Wildman–Crippen LogP) is 6.20. The molecule has 1 aliphatic rings. The summed E-state index contributed by atoms with van der Waals surface area (Å²) in [6.07, 6.45) is 5.47. The van der Waals surface area contributed by atoms with Gasteiger partial charge < -0.3 is 20.1 Å². The summed E-state index contributed by atoms with van der Waals surface area (Å²) in [7, 11) is 0. The molecule has 0 radical (unpaired) electrons. The van der Waals surface area contributed by atoms with E-state index in [9.17, 15) is 14.4 Å². The van der Waals surface area contributed by atoms with Crippen molar-refractivity contribution in [3.8, 4) is 5.75 Å². The van der Waals surface area contributed by atoms with E-state index in [0.29, 0.717) is 21.9 Å². The fourth-order valence-electron chi connectivity index (χ4n) is 4.68. The minimum Gasteiger partial charge on any atom is -0.484 e. The van der Waals surface area contributed by atoms with Crippen molar-refractivity contribution in [2.24, 2.45) is 0 Å².